The highest BCUT2D eigenvalue weighted by Gasteiger charge is 1.97. The van der Waals surface area contributed by atoms with E-state index in [2.05, 4.69) is 23.6 Å². The molecule has 0 aliphatic carbocycles. The van der Waals surface area contributed by atoms with Crippen LogP contribution < -0.4 is 5.73 Å². The SMILES string of the molecule is Nc1cccc(SCc2cccs2)c1. The highest BCUT2D eigenvalue weighted by molar-refractivity contribution is 7.98. The molecule has 0 spiro atoms. The molecule has 0 unspecified atom stereocenters. The van der Waals surface area contributed by atoms with Gasteiger partial charge in [-0.25, -0.2) is 0 Å². The van der Waals surface area contributed by atoms with Gasteiger partial charge in [-0.05, 0) is 29.6 Å². The Morgan fingerprint density at radius 3 is 2.86 bits per heavy atom. The van der Waals surface area contributed by atoms with E-state index in [4.69, 9.17) is 5.73 Å². The van der Waals surface area contributed by atoms with Gasteiger partial charge in [0.2, 0.25) is 0 Å². The summed E-state index contributed by atoms with van der Waals surface area (Å²) < 4.78 is 0. The highest BCUT2D eigenvalue weighted by Crippen LogP contribution is 2.25. The first-order chi connectivity index (χ1) is 6.84. The van der Waals surface area contributed by atoms with E-state index >= 15 is 0 Å². The Hall–Kier alpha value is -0.930. The Morgan fingerprint density at radius 1 is 1.21 bits per heavy atom. The molecule has 0 saturated heterocycles. The summed E-state index contributed by atoms with van der Waals surface area (Å²) >= 11 is 3.62. The molecule has 72 valence electrons. The normalized spacial score (nSPS) is 10.3. The fraction of sp³-hybridized carbons (Fsp3) is 0.0909. The van der Waals surface area contributed by atoms with E-state index in [-0.39, 0.29) is 0 Å². The van der Waals surface area contributed by atoms with Crippen molar-refractivity contribution in [3.8, 4) is 0 Å². The van der Waals surface area contributed by atoms with Crippen LogP contribution in [0.25, 0.3) is 0 Å². The topological polar surface area (TPSA) is 26.0 Å². The van der Waals surface area contributed by atoms with Crippen LogP contribution in [0.5, 0.6) is 0 Å². The largest absolute Gasteiger partial charge is 0.399 e. The fourth-order valence-electron chi connectivity index (χ4n) is 1.15. The molecule has 1 aromatic carbocycles. The van der Waals surface area contributed by atoms with Gasteiger partial charge in [0, 0.05) is 21.2 Å². The molecule has 0 fully saturated rings. The number of nitrogen functional groups attached to an aromatic ring is 1. The molecule has 0 bridgehead atoms. The van der Waals surface area contributed by atoms with Gasteiger partial charge >= 0.3 is 0 Å². The summed E-state index contributed by atoms with van der Waals surface area (Å²) in [5.41, 5.74) is 6.53. The van der Waals surface area contributed by atoms with Crippen molar-refractivity contribution in [2.24, 2.45) is 0 Å². The summed E-state index contributed by atoms with van der Waals surface area (Å²) in [6.07, 6.45) is 0. The van der Waals surface area contributed by atoms with Gasteiger partial charge in [-0.15, -0.1) is 23.1 Å². The maximum Gasteiger partial charge on any atom is 0.0326 e. The minimum atomic E-state index is 0.834. The number of nitrogens with two attached hydrogens (primary N) is 1. The lowest BCUT2D eigenvalue weighted by atomic mass is 10.3. The van der Waals surface area contributed by atoms with Gasteiger partial charge in [0.25, 0.3) is 0 Å². The van der Waals surface area contributed by atoms with Gasteiger partial charge < -0.3 is 5.73 Å². The van der Waals surface area contributed by atoms with Crippen LogP contribution in [0.15, 0.2) is 46.7 Å². The molecule has 2 aromatic rings. The van der Waals surface area contributed by atoms with E-state index in [1.807, 2.05) is 30.0 Å². The van der Waals surface area contributed by atoms with Crippen LogP contribution in [0.1, 0.15) is 4.88 Å². The van der Waals surface area contributed by atoms with E-state index in [1.54, 1.807) is 11.3 Å². The average Bonchev–Trinajstić information content (AvgIpc) is 2.67. The fourth-order valence-corrected chi connectivity index (χ4v) is 2.89. The maximum atomic E-state index is 5.70. The van der Waals surface area contributed by atoms with Gasteiger partial charge in [-0.2, -0.15) is 0 Å². The van der Waals surface area contributed by atoms with Crippen molar-refractivity contribution in [1.82, 2.24) is 0 Å². The standard InChI is InChI=1S/C11H11NS2/c12-9-3-1-4-10(7-9)14-8-11-5-2-6-13-11/h1-7H,8,12H2. The number of hydrogen-bond donors (Lipinski definition) is 1. The van der Waals surface area contributed by atoms with E-state index in [0.717, 1.165) is 11.4 Å². The molecule has 0 aliphatic rings. The molecule has 0 amide bonds. The van der Waals surface area contributed by atoms with Gasteiger partial charge in [0.15, 0.2) is 0 Å². The zero-order valence-electron chi connectivity index (χ0n) is 7.64. The zero-order chi connectivity index (χ0) is 9.80. The molecular formula is C11H11NS2. The molecule has 1 nitrogen and oxygen atoms in total. The number of rotatable bonds is 3. The minimum Gasteiger partial charge on any atom is -0.399 e. The summed E-state index contributed by atoms with van der Waals surface area (Å²) in [6, 6.07) is 12.2. The van der Waals surface area contributed by atoms with Crippen molar-refractivity contribution >= 4 is 28.8 Å². The lowest BCUT2D eigenvalue weighted by Crippen LogP contribution is -1.83. The van der Waals surface area contributed by atoms with Crippen LogP contribution >= 0.6 is 23.1 Å². The third-order valence-electron chi connectivity index (χ3n) is 1.82. The van der Waals surface area contributed by atoms with Crippen molar-refractivity contribution in [3.63, 3.8) is 0 Å². The van der Waals surface area contributed by atoms with Crippen LogP contribution in [0.4, 0.5) is 5.69 Å². The van der Waals surface area contributed by atoms with Crippen LogP contribution in [-0.4, -0.2) is 0 Å². The lowest BCUT2D eigenvalue weighted by molar-refractivity contribution is 1.43. The lowest BCUT2D eigenvalue weighted by Gasteiger charge is -2.00. The average molecular weight is 221 g/mol. The van der Waals surface area contributed by atoms with E-state index in [1.165, 1.54) is 9.77 Å². The molecule has 0 saturated carbocycles. The van der Waals surface area contributed by atoms with Crippen LogP contribution in [0.3, 0.4) is 0 Å². The summed E-state index contributed by atoms with van der Waals surface area (Å²) in [6.45, 7) is 0. The van der Waals surface area contributed by atoms with Crippen LogP contribution in [0.2, 0.25) is 0 Å². The van der Waals surface area contributed by atoms with Gasteiger partial charge in [0.1, 0.15) is 0 Å². The predicted molar refractivity (Wildman–Crippen MR) is 64.7 cm³/mol. The maximum absolute atomic E-state index is 5.70. The Kier molecular flexibility index (Phi) is 3.11. The number of thiophene rings is 1. The Morgan fingerprint density at radius 2 is 2.14 bits per heavy atom. The summed E-state index contributed by atoms with van der Waals surface area (Å²) in [7, 11) is 0. The monoisotopic (exact) mass is 221 g/mol. The molecule has 2 rings (SSSR count). The van der Waals surface area contributed by atoms with Crippen molar-refractivity contribution in [2.75, 3.05) is 5.73 Å². The van der Waals surface area contributed by atoms with Crippen molar-refractivity contribution in [1.29, 1.82) is 0 Å². The van der Waals surface area contributed by atoms with Gasteiger partial charge in [-0.3, -0.25) is 0 Å². The third kappa shape index (κ3) is 2.53. The molecule has 14 heavy (non-hydrogen) atoms. The van der Waals surface area contributed by atoms with Crippen LogP contribution in [-0.2, 0) is 5.75 Å². The van der Waals surface area contributed by atoms with E-state index in [9.17, 15) is 0 Å². The second-order valence-corrected chi connectivity index (χ2v) is 5.02. The zero-order valence-corrected chi connectivity index (χ0v) is 9.28. The second kappa shape index (κ2) is 4.53. The number of hydrogen-bond acceptors (Lipinski definition) is 3. The van der Waals surface area contributed by atoms with Gasteiger partial charge in [0.05, 0.1) is 0 Å². The predicted octanol–water partition coefficient (Wildman–Crippen LogP) is 3.62. The van der Waals surface area contributed by atoms with Gasteiger partial charge in [-0.1, -0.05) is 12.1 Å². The van der Waals surface area contributed by atoms with E-state index in [0.29, 0.717) is 0 Å². The summed E-state index contributed by atoms with van der Waals surface area (Å²) in [5, 5.41) is 2.11. The quantitative estimate of drug-likeness (QED) is 0.633. The molecule has 1 aromatic heterocycles. The Labute approximate surface area is 92.0 Å². The molecule has 0 aliphatic heterocycles. The first kappa shape index (κ1) is 9.62. The van der Waals surface area contributed by atoms with Crippen molar-refractivity contribution in [2.45, 2.75) is 10.6 Å². The molecule has 0 atom stereocenters. The molecule has 0 radical (unpaired) electrons. The smallest absolute Gasteiger partial charge is 0.0326 e. The second-order valence-electron chi connectivity index (χ2n) is 2.94. The molecule has 2 N–H and O–H groups in total. The third-order valence-corrected chi connectivity index (χ3v) is 3.92. The van der Waals surface area contributed by atoms with Crippen LogP contribution in [0, 0.1) is 0 Å². The molecule has 1 heterocycles. The highest BCUT2D eigenvalue weighted by atomic mass is 32.2. The Balaban J connectivity index is 1.98. The van der Waals surface area contributed by atoms with Crippen molar-refractivity contribution < 1.29 is 0 Å². The Bertz CT molecular complexity index is 395. The number of benzene rings is 1. The first-order valence-electron chi connectivity index (χ1n) is 4.35. The summed E-state index contributed by atoms with van der Waals surface area (Å²) in [4.78, 5) is 2.64. The van der Waals surface area contributed by atoms with E-state index < -0.39 is 0 Å². The molecular weight excluding hydrogens is 210 g/mol. The summed E-state index contributed by atoms with van der Waals surface area (Å²) in [5.74, 6) is 1.03. The number of anilines is 1. The molecule has 3 heteroatoms. The van der Waals surface area contributed by atoms with Crippen molar-refractivity contribution in [3.05, 3.63) is 46.7 Å². The number of thioether (sulfide) groups is 1. The minimum absolute atomic E-state index is 0.834. The first-order valence-corrected chi connectivity index (χ1v) is 6.22.